The number of hydrogen-bond acceptors (Lipinski definition) is 5. The second kappa shape index (κ2) is 11.2. The van der Waals surface area contributed by atoms with Gasteiger partial charge in [-0.1, -0.05) is 48.5 Å². The molecule has 1 aromatic carbocycles. The number of rotatable bonds is 8. The highest BCUT2D eigenvalue weighted by molar-refractivity contribution is 5.92. The third kappa shape index (κ3) is 5.27. The van der Waals surface area contributed by atoms with Crippen molar-refractivity contribution in [2.75, 3.05) is 6.54 Å². The summed E-state index contributed by atoms with van der Waals surface area (Å²) in [6.45, 7) is 6.51. The van der Waals surface area contributed by atoms with Gasteiger partial charge in [0.2, 0.25) is 0 Å². The van der Waals surface area contributed by atoms with E-state index in [9.17, 15) is 14.4 Å². The zero-order valence-electron chi connectivity index (χ0n) is 23.6. The van der Waals surface area contributed by atoms with Gasteiger partial charge < -0.3 is 5.32 Å². The van der Waals surface area contributed by atoms with Crippen LogP contribution in [0.5, 0.6) is 0 Å². The topological polar surface area (TPSA) is 84.8 Å². The van der Waals surface area contributed by atoms with Gasteiger partial charge in [0, 0.05) is 18.9 Å². The average Bonchev–Trinajstić information content (AvgIpc) is 3.30. The van der Waals surface area contributed by atoms with Crippen molar-refractivity contribution >= 4 is 23.9 Å². The Balaban J connectivity index is 1.27. The van der Waals surface area contributed by atoms with Crippen molar-refractivity contribution in [1.29, 1.82) is 0 Å². The van der Waals surface area contributed by atoms with E-state index in [0.717, 1.165) is 56.9 Å². The van der Waals surface area contributed by atoms with Gasteiger partial charge in [0.05, 0.1) is 6.21 Å². The van der Waals surface area contributed by atoms with Gasteiger partial charge in [0.25, 0.3) is 0 Å². The first kappa shape index (κ1) is 27.5. The molecule has 208 valence electrons. The summed E-state index contributed by atoms with van der Waals surface area (Å²) in [6, 6.07) is 8.21. The van der Waals surface area contributed by atoms with E-state index in [4.69, 9.17) is 4.84 Å². The molecule has 6 atom stereocenters. The fourth-order valence-electron chi connectivity index (χ4n) is 8.61. The van der Waals surface area contributed by atoms with Crippen molar-refractivity contribution in [2.24, 2.45) is 39.7 Å². The summed E-state index contributed by atoms with van der Waals surface area (Å²) in [6.07, 6.45) is 16.7. The Kier molecular flexibility index (Phi) is 7.93. The Morgan fingerprint density at radius 2 is 1.92 bits per heavy atom. The van der Waals surface area contributed by atoms with Gasteiger partial charge in [-0.05, 0) is 117 Å². The number of Topliss-reactive ketones (excluding diaryl/α,β-unsaturated/α-hetero) is 1. The number of amides is 1. The van der Waals surface area contributed by atoms with Crippen LogP contribution in [0.1, 0.15) is 83.3 Å². The van der Waals surface area contributed by atoms with E-state index in [1.165, 1.54) is 17.4 Å². The molecule has 0 unspecified atom stereocenters. The van der Waals surface area contributed by atoms with Crippen LogP contribution in [-0.2, 0) is 20.8 Å². The van der Waals surface area contributed by atoms with Crippen LogP contribution < -0.4 is 5.32 Å². The maximum Gasteiger partial charge on any atom is 0.433 e. The Hall–Kier alpha value is -3.02. The molecule has 1 aromatic rings. The standard InChI is InChI=1S/C33H42N2O4/c1-4-34-31(38)39-35-21-24-9-7-23(8-10-24)6-5-17-33-19-16-29-27(30(33)14-13-28(33)22(2)36)12-11-25-20-26(37)15-18-32(25,29)3/h7-12,20-21,27-30H,4-6,13-19H2,1-3H3,(H,34,38)/b35-21+/t27-,28-,29-,30+,32-,33-/m1/s1. The fourth-order valence-corrected chi connectivity index (χ4v) is 8.61. The number of benzene rings is 1. The van der Waals surface area contributed by atoms with E-state index in [0.29, 0.717) is 36.5 Å². The molecule has 0 radical (unpaired) electrons. The number of carbonyl (C=O) groups excluding carboxylic acids is 3. The lowest BCUT2D eigenvalue weighted by molar-refractivity contribution is -0.128. The molecule has 1 amide bonds. The predicted octanol–water partition coefficient (Wildman–Crippen LogP) is 6.58. The molecule has 0 bridgehead atoms. The van der Waals surface area contributed by atoms with Crippen molar-refractivity contribution in [3.63, 3.8) is 0 Å². The lowest BCUT2D eigenvalue weighted by atomic mass is 9.47. The molecule has 2 fully saturated rings. The summed E-state index contributed by atoms with van der Waals surface area (Å²) >= 11 is 0. The molecule has 5 rings (SSSR count). The molecule has 4 aliphatic rings. The summed E-state index contributed by atoms with van der Waals surface area (Å²) in [5, 5.41) is 6.28. The molecule has 2 saturated carbocycles. The van der Waals surface area contributed by atoms with Crippen molar-refractivity contribution < 1.29 is 19.2 Å². The Bertz CT molecular complexity index is 1200. The van der Waals surface area contributed by atoms with Crippen LogP contribution in [0, 0.1) is 34.5 Å². The van der Waals surface area contributed by atoms with Crippen molar-refractivity contribution in [3.05, 3.63) is 59.2 Å². The molecule has 0 saturated heterocycles. The predicted molar refractivity (Wildman–Crippen MR) is 152 cm³/mol. The van der Waals surface area contributed by atoms with Crippen molar-refractivity contribution in [2.45, 2.75) is 78.6 Å². The van der Waals surface area contributed by atoms with Crippen molar-refractivity contribution in [3.8, 4) is 0 Å². The third-order valence-corrected chi connectivity index (χ3v) is 10.5. The first-order valence-corrected chi connectivity index (χ1v) is 14.8. The SMILES string of the molecule is CCNC(=O)O/N=C/c1ccc(CCC[C@]23CC[C@@H]4[C@@H](C=CC5=CC(=O)CC[C@]54C)[C@@H]2CC[C@@H]3C(C)=O)cc1. The molecule has 1 N–H and O–H groups in total. The van der Waals surface area contributed by atoms with Crippen LogP contribution in [0.4, 0.5) is 4.79 Å². The molecule has 0 heterocycles. The average molecular weight is 531 g/mol. The van der Waals surface area contributed by atoms with Gasteiger partial charge in [-0.3, -0.25) is 14.4 Å². The third-order valence-electron chi connectivity index (χ3n) is 10.5. The first-order chi connectivity index (χ1) is 18.8. The summed E-state index contributed by atoms with van der Waals surface area (Å²) in [4.78, 5) is 41.2. The van der Waals surface area contributed by atoms with E-state index in [-0.39, 0.29) is 22.5 Å². The largest absolute Gasteiger partial charge is 0.433 e. The van der Waals surface area contributed by atoms with Crippen LogP contribution in [-0.4, -0.2) is 30.4 Å². The molecule has 0 aliphatic heterocycles. The Morgan fingerprint density at radius 3 is 2.67 bits per heavy atom. The van der Waals surface area contributed by atoms with Gasteiger partial charge in [0.15, 0.2) is 5.78 Å². The number of nitrogens with zero attached hydrogens (tertiary/aromatic N) is 1. The number of allylic oxidation sites excluding steroid dienone is 4. The van der Waals surface area contributed by atoms with Crippen molar-refractivity contribution in [1.82, 2.24) is 5.32 Å². The second-order valence-corrected chi connectivity index (χ2v) is 12.4. The zero-order valence-corrected chi connectivity index (χ0v) is 23.6. The summed E-state index contributed by atoms with van der Waals surface area (Å²) < 4.78 is 0. The summed E-state index contributed by atoms with van der Waals surface area (Å²) in [7, 11) is 0. The first-order valence-electron chi connectivity index (χ1n) is 14.8. The second-order valence-electron chi connectivity index (χ2n) is 12.4. The van der Waals surface area contributed by atoms with Gasteiger partial charge >= 0.3 is 6.09 Å². The lowest BCUT2D eigenvalue weighted by Crippen LogP contribution is -2.50. The highest BCUT2D eigenvalue weighted by Gasteiger charge is 2.60. The molecule has 6 nitrogen and oxygen atoms in total. The monoisotopic (exact) mass is 530 g/mol. The minimum Gasteiger partial charge on any atom is -0.320 e. The van der Waals surface area contributed by atoms with Crippen LogP contribution in [0.15, 0.2) is 53.2 Å². The Morgan fingerprint density at radius 1 is 1.13 bits per heavy atom. The van der Waals surface area contributed by atoms with E-state index in [2.05, 4.69) is 41.7 Å². The number of carbonyl (C=O) groups is 3. The number of fused-ring (bicyclic) bond motifs is 5. The number of ketones is 2. The number of nitrogens with one attached hydrogen (secondary N) is 1. The lowest BCUT2D eigenvalue weighted by Gasteiger charge is -2.57. The molecule has 39 heavy (non-hydrogen) atoms. The summed E-state index contributed by atoms with van der Waals surface area (Å²) in [5.74, 6) is 2.40. The van der Waals surface area contributed by atoms with Gasteiger partial charge in [0.1, 0.15) is 5.78 Å². The number of oxime groups is 1. The van der Waals surface area contributed by atoms with Gasteiger partial charge in [-0.15, -0.1) is 0 Å². The minimum absolute atomic E-state index is 0.0857. The summed E-state index contributed by atoms with van der Waals surface area (Å²) in [5.41, 5.74) is 3.55. The van der Waals surface area contributed by atoms with Gasteiger partial charge in [-0.2, -0.15) is 0 Å². The Labute approximate surface area is 232 Å². The molecule has 6 heteroatoms. The van der Waals surface area contributed by atoms with E-state index >= 15 is 0 Å². The van der Waals surface area contributed by atoms with Crippen LogP contribution in [0.25, 0.3) is 0 Å². The smallest absolute Gasteiger partial charge is 0.320 e. The molecular formula is C33H42N2O4. The minimum atomic E-state index is -0.559. The van der Waals surface area contributed by atoms with E-state index < -0.39 is 6.09 Å². The molecular weight excluding hydrogens is 488 g/mol. The fraction of sp³-hybridized carbons (Fsp3) is 0.576. The van der Waals surface area contributed by atoms with E-state index in [1.54, 1.807) is 0 Å². The molecule has 4 aliphatic carbocycles. The quantitative estimate of drug-likeness (QED) is 0.234. The maximum absolute atomic E-state index is 12.9. The number of hydrogen-bond donors (Lipinski definition) is 1. The molecule has 0 aromatic heterocycles. The maximum atomic E-state index is 12.9. The normalized spacial score (nSPS) is 33.2. The highest BCUT2D eigenvalue weighted by atomic mass is 16.7. The number of aryl methyl sites for hydroxylation is 1. The van der Waals surface area contributed by atoms with Crippen LogP contribution in [0.3, 0.4) is 0 Å². The van der Waals surface area contributed by atoms with Gasteiger partial charge in [-0.25, -0.2) is 4.79 Å². The highest BCUT2D eigenvalue weighted by Crippen LogP contribution is 2.66. The molecule has 0 spiro atoms. The van der Waals surface area contributed by atoms with E-state index in [1.807, 2.05) is 32.1 Å². The zero-order chi connectivity index (χ0) is 27.6. The van der Waals surface area contributed by atoms with Crippen LogP contribution in [0.2, 0.25) is 0 Å². The van der Waals surface area contributed by atoms with Crippen LogP contribution >= 0.6 is 0 Å².